The van der Waals surface area contributed by atoms with Gasteiger partial charge in [0.2, 0.25) is 0 Å². The van der Waals surface area contributed by atoms with Gasteiger partial charge < -0.3 is 10.2 Å². The van der Waals surface area contributed by atoms with Crippen molar-refractivity contribution in [3.8, 4) is 0 Å². The maximum atomic E-state index is 11.6. The number of amides is 2. The first-order chi connectivity index (χ1) is 7.74. The van der Waals surface area contributed by atoms with Gasteiger partial charge in [-0.1, -0.05) is 0 Å². The summed E-state index contributed by atoms with van der Waals surface area (Å²) in [5.74, 6) is 0. The summed E-state index contributed by atoms with van der Waals surface area (Å²) in [6.07, 6.45) is 3.86. The van der Waals surface area contributed by atoms with Gasteiger partial charge in [-0.15, -0.1) is 11.3 Å². The maximum absolute atomic E-state index is 11.6. The Bertz CT molecular complexity index is 341. The van der Waals surface area contributed by atoms with Gasteiger partial charge in [0.1, 0.15) is 0 Å². The number of hydrogen-bond donors (Lipinski definition) is 2. The van der Waals surface area contributed by atoms with Crippen molar-refractivity contribution in [1.29, 1.82) is 0 Å². The first-order valence-electron chi connectivity index (χ1n) is 5.39. The third-order valence-corrected chi connectivity index (χ3v) is 3.30. The number of anilines is 1. The molecule has 88 valence electrons. The molecule has 1 aromatic rings. The van der Waals surface area contributed by atoms with Crippen LogP contribution in [0.4, 0.5) is 9.93 Å². The summed E-state index contributed by atoms with van der Waals surface area (Å²) >= 11 is 1.42. The van der Waals surface area contributed by atoms with Gasteiger partial charge in [0.15, 0.2) is 5.13 Å². The van der Waals surface area contributed by atoms with E-state index in [4.69, 9.17) is 0 Å². The van der Waals surface area contributed by atoms with Crippen molar-refractivity contribution in [2.45, 2.75) is 18.9 Å². The number of nitrogens with one attached hydrogen (secondary N) is 2. The van der Waals surface area contributed by atoms with Crippen molar-refractivity contribution < 1.29 is 4.79 Å². The van der Waals surface area contributed by atoms with Crippen molar-refractivity contribution in [2.75, 3.05) is 25.5 Å². The van der Waals surface area contributed by atoms with Crippen LogP contribution < -0.4 is 10.6 Å². The monoisotopic (exact) mass is 240 g/mol. The van der Waals surface area contributed by atoms with Crippen molar-refractivity contribution in [2.24, 2.45) is 0 Å². The molecule has 0 radical (unpaired) electrons. The molecule has 1 atom stereocenters. The number of likely N-dealkylation sites (N-methyl/N-ethyl adjacent to an activating group) is 1. The fourth-order valence-electron chi connectivity index (χ4n) is 1.89. The minimum atomic E-state index is -0.157. The van der Waals surface area contributed by atoms with Crippen LogP contribution >= 0.6 is 11.3 Å². The Morgan fingerprint density at radius 2 is 2.56 bits per heavy atom. The molecule has 0 saturated carbocycles. The SMILES string of the molecule is CN1CCCC(NC(=O)Nc2nccs2)C1. The van der Waals surface area contributed by atoms with E-state index in [1.807, 2.05) is 5.38 Å². The molecular formula is C10H16N4OS. The van der Waals surface area contributed by atoms with E-state index in [2.05, 4.69) is 27.6 Å². The lowest BCUT2D eigenvalue weighted by Crippen LogP contribution is -2.47. The van der Waals surface area contributed by atoms with Gasteiger partial charge in [0.05, 0.1) is 0 Å². The minimum Gasteiger partial charge on any atom is -0.334 e. The van der Waals surface area contributed by atoms with E-state index in [1.54, 1.807) is 6.20 Å². The van der Waals surface area contributed by atoms with E-state index in [0.717, 1.165) is 25.9 Å². The normalized spacial score (nSPS) is 21.7. The van der Waals surface area contributed by atoms with Crippen LogP contribution in [0.15, 0.2) is 11.6 Å². The summed E-state index contributed by atoms with van der Waals surface area (Å²) in [6, 6.07) is 0.0916. The van der Waals surface area contributed by atoms with Gasteiger partial charge in [-0.2, -0.15) is 0 Å². The molecule has 0 spiro atoms. The summed E-state index contributed by atoms with van der Waals surface area (Å²) in [6.45, 7) is 2.04. The van der Waals surface area contributed by atoms with Crippen molar-refractivity contribution in [3.05, 3.63) is 11.6 Å². The number of thiazole rings is 1. The van der Waals surface area contributed by atoms with E-state index in [0.29, 0.717) is 5.13 Å². The van der Waals surface area contributed by atoms with Crippen LogP contribution in [-0.4, -0.2) is 42.1 Å². The van der Waals surface area contributed by atoms with E-state index in [-0.39, 0.29) is 12.1 Å². The van der Waals surface area contributed by atoms with Crippen molar-refractivity contribution >= 4 is 22.5 Å². The predicted octanol–water partition coefficient (Wildman–Crippen LogP) is 1.36. The van der Waals surface area contributed by atoms with Gasteiger partial charge in [0, 0.05) is 24.2 Å². The van der Waals surface area contributed by atoms with Crippen molar-refractivity contribution in [3.63, 3.8) is 0 Å². The quantitative estimate of drug-likeness (QED) is 0.820. The highest BCUT2D eigenvalue weighted by Crippen LogP contribution is 2.11. The van der Waals surface area contributed by atoms with Gasteiger partial charge in [-0.05, 0) is 26.4 Å². The van der Waals surface area contributed by atoms with Gasteiger partial charge >= 0.3 is 6.03 Å². The zero-order valence-electron chi connectivity index (χ0n) is 9.27. The number of aromatic nitrogens is 1. The Morgan fingerprint density at radius 3 is 3.25 bits per heavy atom. The molecule has 1 fully saturated rings. The Labute approximate surface area is 98.9 Å². The van der Waals surface area contributed by atoms with Crippen LogP contribution in [-0.2, 0) is 0 Å². The highest BCUT2D eigenvalue weighted by molar-refractivity contribution is 7.13. The van der Waals surface area contributed by atoms with E-state index < -0.39 is 0 Å². The highest BCUT2D eigenvalue weighted by Gasteiger charge is 2.18. The first kappa shape index (κ1) is 11.3. The van der Waals surface area contributed by atoms with Crippen LogP contribution in [0.25, 0.3) is 0 Å². The summed E-state index contributed by atoms with van der Waals surface area (Å²) in [5, 5.41) is 8.16. The molecule has 1 aromatic heterocycles. The number of nitrogens with zero attached hydrogens (tertiary/aromatic N) is 2. The number of hydrogen-bond acceptors (Lipinski definition) is 4. The van der Waals surface area contributed by atoms with E-state index in [1.165, 1.54) is 11.3 Å². The first-order valence-corrected chi connectivity index (χ1v) is 6.27. The highest BCUT2D eigenvalue weighted by atomic mass is 32.1. The number of rotatable bonds is 2. The minimum absolute atomic E-state index is 0.157. The number of piperidine rings is 1. The van der Waals surface area contributed by atoms with E-state index in [9.17, 15) is 4.79 Å². The van der Waals surface area contributed by atoms with Crippen LogP contribution in [0.3, 0.4) is 0 Å². The number of urea groups is 1. The molecule has 0 bridgehead atoms. The van der Waals surface area contributed by atoms with Gasteiger partial charge in [-0.3, -0.25) is 5.32 Å². The van der Waals surface area contributed by atoms with Crippen LogP contribution in [0.1, 0.15) is 12.8 Å². The molecule has 1 aliphatic rings. The molecule has 0 aromatic carbocycles. The van der Waals surface area contributed by atoms with Gasteiger partial charge in [-0.25, -0.2) is 9.78 Å². The maximum Gasteiger partial charge on any atom is 0.321 e. The predicted molar refractivity (Wildman–Crippen MR) is 64.8 cm³/mol. The molecule has 2 rings (SSSR count). The largest absolute Gasteiger partial charge is 0.334 e. The lowest BCUT2D eigenvalue weighted by Gasteiger charge is -2.30. The van der Waals surface area contributed by atoms with Crippen LogP contribution in [0.2, 0.25) is 0 Å². The lowest BCUT2D eigenvalue weighted by molar-refractivity contribution is 0.216. The summed E-state index contributed by atoms with van der Waals surface area (Å²) in [4.78, 5) is 17.8. The second-order valence-electron chi connectivity index (χ2n) is 4.04. The lowest BCUT2D eigenvalue weighted by atomic mass is 10.1. The second kappa shape index (κ2) is 5.27. The zero-order chi connectivity index (χ0) is 11.4. The number of carbonyl (C=O) groups excluding carboxylic acids is 1. The fourth-order valence-corrected chi connectivity index (χ4v) is 2.41. The topological polar surface area (TPSA) is 57.3 Å². The molecular weight excluding hydrogens is 224 g/mol. The molecule has 1 saturated heterocycles. The zero-order valence-corrected chi connectivity index (χ0v) is 10.1. The average molecular weight is 240 g/mol. The number of likely N-dealkylation sites (tertiary alicyclic amines) is 1. The van der Waals surface area contributed by atoms with E-state index >= 15 is 0 Å². The molecule has 2 heterocycles. The molecule has 2 N–H and O–H groups in total. The summed E-state index contributed by atoms with van der Waals surface area (Å²) in [5.41, 5.74) is 0. The molecule has 6 heteroatoms. The summed E-state index contributed by atoms with van der Waals surface area (Å²) < 4.78 is 0. The third-order valence-electron chi connectivity index (χ3n) is 2.61. The smallest absolute Gasteiger partial charge is 0.321 e. The molecule has 5 nitrogen and oxygen atoms in total. The Hall–Kier alpha value is -1.14. The molecule has 16 heavy (non-hydrogen) atoms. The Morgan fingerprint density at radius 1 is 1.69 bits per heavy atom. The fraction of sp³-hybridized carbons (Fsp3) is 0.600. The van der Waals surface area contributed by atoms with Crippen molar-refractivity contribution in [1.82, 2.24) is 15.2 Å². The molecule has 1 unspecified atom stereocenters. The second-order valence-corrected chi connectivity index (χ2v) is 4.93. The summed E-state index contributed by atoms with van der Waals surface area (Å²) in [7, 11) is 2.08. The molecule has 0 aliphatic carbocycles. The van der Waals surface area contributed by atoms with Gasteiger partial charge in [0.25, 0.3) is 0 Å². The average Bonchev–Trinajstić information content (AvgIpc) is 2.70. The van der Waals surface area contributed by atoms with Crippen LogP contribution in [0, 0.1) is 0 Å². The number of carbonyl (C=O) groups is 1. The third kappa shape index (κ3) is 3.18. The molecule has 2 amide bonds. The molecule has 1 aliphatic heterocycles. The Balaban J connectivity index is 1.78. The van der Waals surface area contributed by atoms with Crippen LogP contribution in [0.5, 0.6) is 0 Å². The Kier molecular flexibility index (Phi) is 3.74. The standard InChI is InChI=1S/C10H16N4OS/c1-14-5-2-3-8(7-14)12-9(15)13-10-11-4-6-16-10/h4,6,8H,2-3,5,7H2,1H3,(H2,11,12,13,15).